The number of esters is 2. The fraction of sp³-hybridized carbons (Fsp3) is 0.741. The number of hydrogen-bond donors (Lipinski definition) is 0. The van der Waals surface area contributed by atoms with Crippen LogP contribution in [0.2, 0.25) is 0 Å². The summed E-state index contributed by atoms with van der Waals surface area (Å²) in [5.41, 5.74) is 2.12. The first-order chi connectivity index (χ1) is 14.9. The first-order valence-electron chi connectivity index (χ1n) is 12.1. The molecule has 0 saturated heterocycles. The summed E-state index contributed by atoms with van der Waals surface area (Å²) in [6.45, 7) is 15.5. The van der Waals surface area contributed by atoms with Gasteiger partial charge in [-0.3, -0.25) is 14.4 Å². The fourth-order valence-electron chi connectivity index (χ4n) is 8.49. The summed E-state index contributed by atoms with van der Waals surface area (Å²) >= 11 is 0. The predicted molar refractivity (Wildman–Crippen MR) is 122 cm³/mol. The Kier molecular flexibility index (Phi) is 5.50. The monoisotopic (exact) mass is 442 g/mol. The lowest BCUT2D eigenvalue weighted by Gasteiger charge is -2.59. The Morgan fingerprint density at radius 2 is 1.62 bits per heavy atom. The van der Waals surface area contributed by atoms with Gasteiger partial charge in [-0.15, -0.1) is 0 Å². The van der Waals surface area contributed by atoms with Crippen LogP contribution in [0.5, 0.6) is 0 Å². The van der Waals surface area contributed by atoms with Gasteiger partial charge in [0.2, 0.25) is 0 Å². The van der Waals surface area contributed by atoms with Crippen molar-refractivity contribution >= 4 is 17.7 Å². The Morgan fingerprint density at radius 1 is 0.938 bits per heavy atom. The second-order valence-electron chi connectivity index (χ2n) is 11.3. The van der Waals surface area contributed by atoms with Crippen LogP contribution in [0, 0.1) is 28.6 Å². The average molecular weight is 443 g/mol. The summed E-state index contributed by atoms with van der Waals surface area (Å²) < 4.78 is 11.5. The molecule has 176 valence electrons. The number of Topliss-reactive ketones (excluding diaryl/α,β-unsaturated/α-hetero) is 1. The van der Waals surface area contributed by atoms with E-state index in [-0.39, 0.29) is 29.2 Å². The van der Waals surface area contributed by atoms with Crippen molar-refractivity contribution in [2.24, 2.45) is 28.6 Å². The molecule has 4 rings (SSSR count). The zero-order valence-electron chi connectivity index (χ0n) is 20.5. The van der Waals surface area contributed by atoms with Crippen molar-refractivity contribution in [1.82, 2.24) is 0 Å². The quantitative estimate of drug-likeness (QED) is 0.437. The molecule has 0 aliphatic heterocycles. The molecule has 4 aliphatic carbocycles. The summed E-state index contributed by atoms with van der Waals surface area (Å²) in [6, 6.07) is 0. The number of ketones is 1. The first kappa shape index (κ1) is 23.3. The lowest BCUT2D eigenvalue weighted by molar-refractivity contribution is -0.181. The maximum atomic E-state index is 13.0. The van der Waals surface area contributed by atoms with Gasteiger partial charge in [-0.25, -0.2) is 0 Å². The highest BCUT2D eigenvalue weighted by atomic mass is 16.6. The standard InChI is InChI=1S/C27H38O5/c1-15-12-21-22(25(6)10-8-20(14-23(15)25)31-18(4)29)9-11-26(7)24(21)13-16(2)27(26,17(3)28)32-19(5)30/h20-22,24H,2,8-14H2,1,3-7H3/t20?,21?,22?,24?,25?,26?,27-/m0/s1. The molecule has 0 N–H and O–H groups in total. The van der Waals surface area contributed by atoms with Crippen LogP contribution in [0.3, 0.4) is 0 Å². The van der Waals surface area contributed by atoms with Gasteiger partial charge in [0.05, 0.1) is 0 Å². The van der Waals surface area contributed by atoms with Crippen LogP contribution >= 0.6 is 0 Å². The van der Waals surface area contributed by atoms with Crippen LogP contribution in [0.15, 0.2) is 23.3 Å². The molecule has 3 fully saturated rings. The second-order valence-corrected chi connectivity index (χ2v) is 11.3. The van der Waals surface area contributed by atoms with Gasteiger partial charge >= 0.3 is 11.9 Å². The predicted octanol–water partition coefficient (Wildman–Crippen LogP) is 5.33. The van der Waals surface area contributed by atoms with Gasteiger partial charge in [0, 0.05) is 25.7 Å². The molecule has 0 spiro atoms. The topological polar surface area (TPSA) is 69.7 Å². The average Bonchev–Trinajstić information content (AvgIpc) is 2.90. The summed E-state index contributed by atoms with van der Waals surface area (Å²) in [4.78, 5) is 36.7. The Bertz CT molecular complexity index is 915. The van der Waals surface area contributed by atoms with Gasteiger partial charge < -0.3 is 9.47 Å². The minimum absolute atomic E-state index is 0.0171. The van der Waals surface area contributed by atoms with E-state index in [9.17, 15) is 14.4 Å². The molecule has 0 aromatic heterocycles. The summed E-state index contributed by atoms with van der Waals surface area (Å²) in [5, 5.41) is 0. The van der Waals surface area contributed by atoms with Gasteiger partial charge in [-0.05, 0) is 81.1 Å². The summed E-state index contributed by atoms with van der Waals surface area (Å²) in [5.74, 6) is 0.499. The number of hydrogen-bond acceptors (Lipinski definition) is 5. The highest BCUT2D eigenvalue weighted by Crippen LogP contribution is 2.69. The fourth-order valence-corrected chi connectivity index (χ4v) is 8.49. The van der Waals surface area contributed by atoms with Crippen LogP contribution in [0.25, 0.3) is 0 Å². The van der Waals surface area contributed by atoms with Crippen molar-refractivity contribution in [2.75, 3.05) is 0 Å². The van der Waals surface area contributed by atoms with Gasteiger partial charge in [0.1, 0.15) is 6.10 Å². The van der Waals surface area contributed by atoms with E-state index in [1.165, 1.54) is 25.0 Å². The molecule has 0 bridgehead atoms. The minimum Gasteiger partial charge on any atom is -0.462 e. The van der Waals surface area contributed by atoms with E-state index in [1.54, 1.807) is 6.92 Å². The lowest BCUT2D eigenvalue weighted by atomic mass is 9.45. The maximum absolute atomic E-state index is 13.0. The van der Waals surface area contributed by atoms with Gasteiger partial charge in [-0.1, -0.05) is 31.6 Å². The van der Waals surface area contributed by atoms with Gasteiger partial charge in [0.15, 0.2) is 11.4 Å². The van der Waals surface area contributed by atoms with E-state index in [4.69, 9.17) is 9.47 Å². The molecule has 6 unspecified atom stereocenters. The molecule has 5 heteroatoms. The van der Waals surface area contributed by atoms with Crippen molar-refractivity contribution in [2.45, 2.75) is 98.2 Å². The van der Waals surface area contributed by atoms with Crippen LogP contribution in [0.4, 0.5) is 0 Å². The zero-order valence-corrected chi connectivity index (χ0v) is 20.5. The number of allylic oxidation sites excluding steroid dienone is 1. The molecule has 0 amide bonds. The summed E-state index contributed by atoms with van der Waals surface area (Å²) in [6.07, 6.45) is 6.32. The van der Waals surface area contributed by atoms with Crippen molar-refractivity contribution in [3.05, 3.63) is 23.3 Å². The van der Waals surface area contributed by atoms with Crippen molar-refractivity contribution in [3.8, 4) is 0 Å². The molecule has 7 atom stereocenters. The molecule has 0 radical (unpaired) electrons. The van der Waals surface area contributed by atoms with Gasteiger partial charge in [-0.2, -0.15) is 0 Å². The molecule has 0 aromatic rings. The van der Waals surface area contributed by atoms with Crippen LogP contribution in [-0.2, 0) is 23.9 Å². The number of carbonyl (C=O) groups is 3. The highest BCUT2D eigenvalue weighted by Gasteiger charge is 2.69. The van der Waals surface area contributed by atoms with Crippen LogP contribution in [-0.4, -0.2) is 29.4 Å². The first-order valence-corrected chi connectivity index (χ1v) is 12.1. The summed E-state index contributed by atoms with van der Waals surface area (Å²) in [7, 11) is 0. The highest BCUT2D eigenvalue weighted by molar-refractivity contribution is 5.92. The molecule has 5 nitrogen and oxygen atoms in total. The van der Waals surface area contributed by atoms with E-state index in [2.05, 4.69) is 27.4 Å². The van der Waals surface area contributed by atoms with E-state index >= 15 is 0 Å². The van der Waals surface area contributed by atoms with Crippen molar-refractivity contribution in [1.29, 1.82) is 0 Å². The zero-order chi connectivity index (χ0) is 23.6. The molecule has 3 saturated carbocycles. The van der Waals surface area contributed by atoms with Crippen molar-refractivity contribution in [3.63, 3.8) is 0 Å². The normalized spacial score (nSPS) is 43.1. The molecular weight excluding hydrogens is 404 g/mol. The van der Waals surface area contributed by atoms with Crippen molar-refractivity contribution < 1.29 is 23.9 Å². The largest absolute Gasteiger partial charge is 0.462 e. The molecule has 0 aromatic carbocycles. The van der Waals surface area contributed by atoms with E-state index < -0.39 is 17.0 Å². The minimum atomic E-state index is -1.21. The van der Waals surface area contributed by atoms with E-state index in [1.807, 2.05) is 0 Å². The number of carbonyl (C=O) groups excluding carboxylic acids is 3. The molecule has 0 heterocycles. The van der Waals surface area contributed by atoms with Crippen LogP contribution < -0.4 is 0 Å². The molecule has 32 heavy (non-hydrogen) atoms. The third-order valence-electron chi connectivity index (χ3n) is 9.70. The Labute approximate surface area is 192 Å². The Morgan fingerprint density at radius 3 is 2.22 bits per heavy atom. The molecular formula is C27H38O5. The smallest absolute Gasteiger partial charge is 0.303 e. The van der Waals surface area contributed by atoms with Crippen LogP contribution in [0.1, 0.15) is 86.5 Å². The van der Waals surface area contributed by atoms with E-state index in [0.29, 0.717) is 11.8 Å². The third kappa shape index (κ3) is 3.06. The SMILES string of the molecule is C=C1CC2C3CC(C)=C4CC(OC(C)=O)CCC4(C)C3CCC2(C)[C@@]1(OC(C)=O)C(C)=O. The number of fused-ring (bicyclic) bond motifs is 5. The number of ether oxygens (including phenoxy) is 2. The number of rotatable bonds is 3. The third-order valence-corrected chi connectivity index (χ3v) is 9.70. The van der Waals surface area contributed by atoms with E-state index in [0.717, 1.165) is 50.5 Å². The van der Waals surface area contributed by atoms with Gasteiger partial charge in [0.25, 0.3) is 0 Å². The Hall–Kier alpha value is -1.91. The lowest BCUT2D eigenvalue weighted by Crippen LogP contribution is -2.59. The second kappa shape index (κ2) is 7.56. The maximum Gasteiger partial charge on any atom is 0.303 e. The Balaban J connectivity index is 1.72. The molecule has 4 aliphatic rings.